The van der Waals surface area contributed by atoms with Crippen molar-refractivity contribution in [2.75, 3.05) is 35.0 Å². The average molecular weight is 447 g/mol. The summed E-state index contributed by atoms with van der Waals surface area (Å²) in [4.78, 5) is 41.2. The fraction of sp³-hybridized carbons (Fsp3) is 0.333. The number of anilines is 3. The van der Waals surface area contributed by atoms with Crippen LogP contribution in [0.4, 0.5) is 17.1 Å². The van der Waals surface area contributed by atoms with E-state index in [1.807, 2.05) is 24.3 Å². The molecule has 2 aromatic carbocycles. The number of hydrogen-bond donors (Lipinski definition) is 1. The first-order chi connectivity index (χ1) is 16.0. The van der Waals surface area contributed by atoms with Gasteiger partial charge in [0.05, 0.1) is 12.8 Å². The molecular weight excluding hydrogens is 422 g/mol. The molecule has 2 N–H and O–H groups in total. The number of hydrazone groups is 1. The van der Waals surface area contributed by atoms with Crippen molar-refractivity contribution < 1.29 is 19.1 Å². The molecule has 5 rings (SSSR count). The third-order valence-corrected chi connectivity index (χ3v) is 6.53. The summed E-state index contributed by atoms with van der Waals surface area (Å²) in [6.45, 7) is 1.17. The Bertz CT molecular complexity index is 1130. The zero-order valence-electron chi connectivity index (χ0n) is 18.3. The fourth-order valence-electron chi connectivity index (χ4n) is 4.86. The van der Waals surface area contributed by atoms with Crippen LogP contribution in [-0.4, -0.2) is 49.7 Å². The highest BCUT2D eigenvalue weighted by Crippen LogP contribution is 2.37. The van der Waals surface area contributed by atoms with Crippen LogP contribution in [0.25, 0.3) is 0 Å². The Balaban J connectivity index is 1.43. The number of methoxy groups -OCH3 is 1. The standard InChI is InChI=1S/C24H25N5O4/c1-33-18-10-8-17(9-11-18)29-22-19(21(26-29)23(25)31)12-14-28(24(22)32)16-6-4-15(5-7-16)27-13-2-3-20(27)30/h4-11,19,22H,2-3,12-14H2,1H3,(H2,25,31). The number of rotatable bonds is 5. The zero-order chi connectivity index (χ0) is 23.1. The third-order valence-electron chi connectivity index (χ3n) is 6.53. The largest absolute Gasteiger partial charge is 0.497 e. The van der Waals surface area contributed by atoms with Crippen molar-refractivity contribution in [1.29, 1.82) is 0 Å². The first kappa shape index (κ1) is 21.0. The Morgan fingerprint density at radius 2 is 1.61 bits per heavy atom. The van der Waals surface area contributed by atoms with Gasteiger partial charge in [-0.2, -0.15) is 5.10 Å². The van der Waals surface area contributed by atoms with E-state index in [1.54, 1.807) is 46.2 Å². The molecule has 9 nitrogen and oxygen atoms in total. The second-order valence-electron chi connectivity index (χ2n) is 8.39. The molecule has 0 saturated carbocycles. The lowest BCUT2D eigenvalue weighted by molar-refractivity contribution is -0.121. The van der Waals surface area contributed by atoms with Crippen LogP contribution < -0.4 is 25.3 Å². The summed E-state index contributed by atoms with van der Waals surface area (Å²) in [7, 11) is 1.58. The van der Waals surface area contributed by atoms with E-state index in [9.17, 15) is 14.4 Å². The van der Waals surface area contributed by atoms with Gasteiger partial charge in [-0.15, -0.1) is 0 Å². The molecule has 3 aliphatic heterocycles. The number of amides is 3. The molecule has 2 aromatic rings. The van der Waals surface area contributed by atoms with E-state index in [4.69, 9.17) is 10.5 Å². The molecule has 0 spiro atoms. The summed E-state index contributed by atoms with van der Waals surface area (Å²) in [5, 5.41) is 6.05. The summed E-state index contributed by atoms with van der Waals surface area (Å²) >= 11 is 0. The third kappa shape index (κ3) is 3.59. The quantitative estimate of drug-likeness (QED) is 0.753. The van der Waals surface area contributed by atoms with Crippen molar-refractivity contribution in [1.82, 2.24) is 0 Å². The molecule has 0 radical (unpaired) electrons. The van der Waals surface area contributed by atoms with Crippen molar-refractivity contribution >= 4 is 40.5 Å². The van der Waals surface area contributed by atoms with Gasteiger partial charge in [-0.1, -0.05) is 0 Å². The molecule has 3 amide bonds. The lowest BCUT2D eigenvalue weighted by Gasteiger charge is -2.37. The number of carbonyl (C=O) groups is 3. The number of nitrogens with zero attached hydrogens (tertiary/aromatic N) is 4. The number of piperidine rings is 1. The van der Waals surface area contributed by atoms with E-state index >= 15 is 0 Å². The minimum atomic E-state index is -0.658. The van der Waals surface area contributed by atoms with Gasteiger partial charge in [-0.05, 0) is 61.4 Å². The summed E-state index contributed by atoms with van der Waals surface area (Å²) in [6.07, 6.45) is 1.99. The fourth-order valence-corrected chi connectivity index (χ4v) is 4.86. The highest BCUT2D eigenvalue weighted by atomic mass is 16.5. The van der Waals surface area contributed by atoms with E-state index in [0.717, 1.165) is 17.8 Å². The molecule has 0 bridgehead atoms. The minimum Gasteiger partial charge on any atom is -0.497 e. The van der Waals surface area contributed by atoms with Crippen molar-refractivity contribution in [2.45, 2.75) is 25.3 Å². The van der Waals surface area contributed by atoms with Gasteiger partial charge in [0.15, 0.2) is 0 Å². The van der Waals surface area contributed by atoms with Crippen molar-refractivity contribution in [3.63, 3.8) is 0 Å². The molecule has 9 heteroatoms. The van der Waals surface area contributed by atoms with Crippen LogP contribution in [0.5, 0.6) is 5.75 Å². The predicted molar refractivity (Wildman–Crippen MR) is 124 cm³/mol. The molecule has 3 aliphatic rings. The maximum Gasteiger partial charge on any atom is 0.265 e. The lowest BCUT2D eigenvalue weighted by atomic mass is 9.87. The molecule has 2 fully saturated rings. The molecular formula is C24H25N5O4. The summed E-state index contributed by atoms with van der Waals surface area (Å²) in [5.74, 6) is -0.317. The van der Waals surface area contributed by atoms with Crippen LogP contribution in [0.15, 0.2) is 53.6 Å². The van der Waals surface area contributed by atoms with Gasteiger partial charge < -0.3 is 20.3 Å². The van der Waals surface area contributed by atoms with Gasteiger partial charge in [0.1, 0.15) is 17.5 Å². The number of carbonyl (C=O) groups excluding carboxylic acids is 3. The molecule has 2 unspecified atom stereocenters. The highest BCUT2D eigenvalue weighted by Gasteiger charge is 2.49. The Kier molecular flexibility index (Phi) is 5.24. The lowest BCUT2D eigenvalue weighted by Crippen LogP contribution is -2.55. The van der Waals surface area contributed by atoms with E-state index in [0.29, 0.717) is 37.4 Å². The SMILES string of the molecule is COc1ccc(N2N=C(C(N)=O)C3CCN(c4ccc(N5CCCC5=O)cc4)C(=O)C32)cc1. The monoisotopic (exact) mass is 447 g/mol. The normalized spacial score (nSPS) is 22.5. The molecule has 2 saturated heterocycles. The second-order valence-corrected chi connectivity index (χ2v) is 8.39. The van der Waals surface area contributed by atoms with Crippen molar-refractivity contribution in [2.24, 2.45) is 16.8 Å². The van der Waals surface area contributed by atoms with Crippen LogP contribution in [0.3, 0.4) is 0 Å². The van der Waals surface area contributed by atoms with Gasteiger partial charge in [0.25, 0.3) is 11.8 Å². The van der Waals surface area contributed by atoms with Gasteiger partial charge in [-0.3, -0.25) is 19.4 Å². The molecule has 33 heavy (non-hydrogen) atoms. The van der Waals surface area contributed by atoms with Crippen LogP contribution in [-0.2, 0) is 14.4 Å². The Hall–Kier alpha value is -3.88. The average Bonchev–Trinajstić information content (AvgIpc) is 3.44. The molecule has 0 aromatic heterocycles. The van der Waals surface area contributed by atoms with Crippen molar-refractivity contribution in [3.8, 4) is 5.75 Å². The van der Waals surface area contributed by atoms with Gasteiger partial charge in [0.2, 0.25) is 5.91 Å². The topological polar surface area (TPSA) is 109 Å². The van der Waals surface area contributed by atoms with E-state index in [-0.39, 0.29) is 23.4 Å². The molecule has 0 aliphatic carbocycles. The first-order valence-corrected chi connectivity index (χ1v) is 11.0. The van der Waals surface area contributed by atoms with Crippen molar-refractivity contribution in [3.05, 3.63) is 48.5 Å². The zero-order valence-corrected chi connectivity index (χ0v) is 18.3. The first-order valence-electron chi connectivity index (χ1n) is 11.0. The molecule has 2 atom stereocenters. The maximum atomic E-state index is 13.6. The maximum absolute atomic E-state index is 13.6. The van der Waals surface area contributed by atoms with Crippen LogP contribution in [0.1, 0.15) is 19.3 Å². The number of benzene rings is 2. The number of primary amides is 1. The van der Waals surface area contributed by atoms with Crippen LogP contribution >= 0.6 is 0 Å². The van der Waals surface area contributed by atoms with E-state index in [2.05, 4.69) is 5.10 Å². The number of ether oxygens (including phenoxy) is 1. The van der Waals surface area contributed by atoms with Crippen LogP contribution in [0, 0.1) is 5.92 Å². The predicted octanol–water partition coefficient (Wildman–Crippen LogP) is 1.90. The second kappa shape index (κ2) is 8.23. The molecule has 170 valence electrons. The summed E-state index contributed by atoms with van der Waals surface area (Å²) < 4.78 is 5.22. The number of fused-ring (bicyclic) bond motifs is 1. The van der Waals surface area contributed by atoms with Gasteiger partial charge >= 0.3 is 0 Å². The number of nitrogens with two attached hydrogens (primary N) is 1. The smallest absolute Gasteiger partial charge is 0.265 e. The van der Waals surface area contributed by atoms with E-state index < -0.39 is 11.9 Å². The summed E-state index contributed by atoms with van der Waals surface area (Å²) in [5.41, 5.74) is 8.09. The van der Waals surface area contributed by atoms with Gasteiger partial charge in [-0.25, -0.2) is 0 Å². The Morgan fingerprint density at radius 3 is 2.18 bits per heavy atom. The Morgan fingerprint density at radius 1 is 0.970 bits per heavy atom. The highest BCUT2D eigenvalue weighted by molar-refractivity contribution is 6.41. The Labute approximate surface area is 191 Å². The molecule has 3 heterocycles. The van der Waals surface area contributed by atoms with Crippen LogP contribution in [0.2, 0.25) is 0 Å². The van der Waals surface area contributed by atoms with Gasteiger partial charge in [0, 0.05) is 36.8 Å². The summed E-state index contributed by atoms with van der Waals surface area (Å²) in [6, 6.07) is 14.0. The number of hydrogen-bond acceptors (Lipinski definition) is 6. The minimum absolute atomic E-state index is 0.122. The van der Waals surface area contributed by atoms with E-state index in [1.165, 1.54) is 0 Å².